The number of hydrazine groups is 1. The van der Waals surface area contributed by atoms with Gasteiger partial charge in [-0.05, 0) is 13.3 Å². The molecule has 0 aromatic carbocycles. The Morgan fingerprint density at radius 3 is 2.44 bits per heavy atom. The van der Waals surface area contributed by atoms with Crippen LogP contribution in [-0.2, 0) is 0 Å². The van der Waals surface area contributed by atoms with E-state index >= 15 is 0 Å². The van der Waals surface area contributed by atoms with E-state index in [9.17, 15) is 0 Å². The Bertz CT molecular complexity index is 82.9. The average molecular weight is 128 g/mol. The van der Waals surface area contributed by atoms with Crippen molar-refractivity contribution in [2.45, 2.75) is 26.3 Å². The van der Waals surface area contributed by atoms with Gasteiger partial charge in [0.05, 0.1) is 0 Å². The van der Waals surface area contributed by atoms with Crippen molar-refractivity contribution in [2.24, 2.45) is 0 Å². The largest absolute Gasteiger partial charge is 0.245 e. The van der Waals surface area contributed by atoms with Crippen molar-refractivity contribution in [1.82, 2.24) is 10.0 Å². The van der Waals surface area contributed by atoms with Crippen LogP contribution >= 0.6 is 0 Å². The number of hydrogen-bond acceptors (Lipinski definition) is 2. The van der Waals surface area contributed by atoms with Crippen LogP contribution in [0.1, 0.15) is 20.3 Å². The van der Waals surface area contributed by atoms with Crippen LogP contribution in [0.25, 0.3) is 0 Å². The molecule has 2 heteroatoms. The fraction of sp³-hybridized carbons (Fsp3) is 1.00. The fourth-order valence-electron chi connectivity index (χ4n) is 1.54. The third-order valence-corrected chi connectivity index (χ3v) is 2.14. The second-order valence-corrected chi connectivity index (χ2v) is 2.77. The third kappa shape index (κ3) is 1.25. The van der Waals surface area contributed by atoms with Crippen molar-refractivity contribution in [3.63, 3.8) is 0 Å². The maximum absolute atomic E-state index is 2.40. The zero-order valence-corrected chi connectivity index (χ0v) is 6.59. The van der Waals surface area contributed by atoms with Crippen LogP contribution in [0.4, 0.5) is 0 Å². The van der Waals surface area contributed by atoms with Gasteiger partial charge in [-0.1, -0.05) is 6.92 Å². The first-order valence-electron chi connectivity index (χ1n) is 3.73. The Hall–Kier alpha value is -0.0800. The molecule has 1 atom stereocenters. The van der Waals surface area contributed by atoms with Gasteiger partial charge in [0.25, 0.3) is 0 Å². The van der Waals surface area contributed by atoms with Gasteiger partial charge in [0, 0.05) is 26.2 Å². The van der Waals surface area contributed by atoms with Gasteiger partial charge in [0.1, 0.15) is 0 Å². The van der Waals surface area contributed by atoms with Gasteiger partial charge in [-0.15, -0.1) is 0 Å². The minimum atomic E-state index is 0.764. The number of hydrogen-bond donors (Lipinski definition) is 0. The topological polar surface area (TPSA) is 6.48 Å². The van der Waals surface area contributed by atoms with Crippen molar-refractivity contribution < 1.29 is 0 Å². The molecule has 1 fully saturated rings. The maximum Gasteiger partial charge on any atom is 0.0230 e. The summed E-state index contributed by atoms with van der Waals surface area (Å²) < 4.78 is 0. The first kappa shape index (κ1) is 7.03. The molecule has 0 radical (unpaired) electrons. The van der Waals surface area contributed by atoms with E-state index in [2.05, 4.69) is 30.9 Å². The van der Waals surface area contributed by atoms with E-state index in [1.165, 1.54) is 13.0 Å². The molecule has 0 saturated carbocycles. The summed E-state index contributed by atoms with van der Waals surface area (Å²) in [7, 11) is 2.16. The lowest BCUT2D eigenvalue weighted by atomic mass is 10.3. The van der Waals surface area contributed by atoms with Gasteiger partial charge in [-0.25, -0.2) is 10.0 Å². The maximum atomic E-state index is 2.40. The van der Waals surface area contributed by atoms with E-state index in [4.69, 9.17) is 0 Å². The highest BCUT2D eigenvalue weighted by Crippen LogP contribution is 2.14. The van der Waals surface area contributed by atoms with E-state index in [0.29, 0.717) is 0 Å². The predicted octanol–water partition coefficient (Wildman–Crippen LogP) is 0.947. The predicted molar refractivity (Wildman–Crippen MR) is 39.1 cm³/mol. The van der Waals surface area contributed by atoms with Crippen LogP contribution in [0.2, 0.25) is 0 Å². The van der Waals surface area contributed by atoms with E-state index in [1.807, 2.05) is 0 Å². The average Bonchev–Trinajstić information content (AvgIpc) is 2.12. The van der Waals surface area contributed by atoms with Gasteiger partial charge < -0.3 is 0 Å². The quantitative estimate of drug-likeness (QED) is 0.518. The molecule has 1 aliphatic heterocycles. The highest BCUT2D eigenvalue weighted by Gasteiger charge is 2.22. The standard InChI is InChI=1S/C7H16N2/c1-4-9-7(2)5-6-8(9)3/h7H,4-6H2,1-3H3/t7-/m1/s1. The Balaban J connectivity index is 2.44. The molecule has 1 aliphatic rings. The summed E-state index contributed by atoms with van der Waals surface area (Å²) in [4.78, 5) is 0. The van der Waals surface area contributed by atoms with Crippen molar-refractivity contribution in [3.05, 3.63) is 0 Å². The summed E-state index contributed by atoms with van der Waals surface area (Å²) in [6.45, 7) is 6.87. The molecule has 0 spiro atoms. The van der Waals surface area contributed by atoms with Crippen molar-refractivity contribution >= 4 is 0 Å². The van der Waals surface area contributed by atoms with Crippen LogP contribution < -0.4 is 0 Å². The lowest BCUT2D eigenvalue weighted by Crippen LogP contribution is -2.36. The summed E-state index contributed by atoms with van der Waals surface area (Å²) in [5.74, 6) is 0. The zero-order valence-electron chi connectivity index (χ0n) is 6.59. The molecule has 0 aliphatic carbocycles. The summed E-state index contributed by atoms with van der Waals surface area (Å²) in [5.41, 5.74) is 0. The molecule has 0 aromatic heterocycles. The van der Waals surface area contributed by atoms with Gasteiger partial charge in [0.15, 0.2) is 0 Å². The Morgan fingerprint density at radius 1 is 1.56 bits per heavy atom. The second kappa shape index (κ2) is 2.67. The molecule has 1 heterocycles. The van der Waals surface area contributed by atoms with E-state index in [-0.39, 0.29) is 0 Å². The van der Waals surface area contributed by atoms with Crippen LogP contribution in [0.3, 0.4) is 0 Å². The third-order valence-electron chi connectivity index (χ3n) is 2.14. The zero-order chi connectivity index (χ0) is 6.85. The van der Waals surface area contributed by atoms with Crippen molar-refractivity contribution in [3.8, 4) is 0 Å². The summed E-state index contributed by atoms with van der Waals surface area (Å²) in [6.07, 6.45) is 1.32. The first-order chi connectivity index (χ1) is 4.25. The molecule has 0 aromatic rings. The van der Waals surface area contributed by atoms with E-state index < -0.39 is 0 Å². The smallest absolute Gasteiger partial charge is 0.0230 e. The van der Waals surface area contributed by atoms with Crippen molar-refractivity contribution in [2.75, 3.05) is 20.1 Å². The SMILES string of the molecule is CCN1[C@H](C)CCN1C. The molecular formula is C7H16N2. The van der Waals surface area contributed by atoms with Gasteiger partial charge in [-0.3, -0.25) is 0 Å². The van der Waals surface area contributed by atoms with Crippen LogP contribution in [0, 0.1) is 0 Å². The fourth-order valence-corrected chi connectivity index (χ4v) is 1.54. The lowest BCUT2D eigenvalue weighted by Gasteiger charge is -2.25. The molecule has 54 valence electrons. The Kier molecular flexibility index (Phi) is 2.09. The minimum Gasteiger partial charge on any atom is -0.245 e. The second-order valence-electron chi connectivity index (χ2n) is 2.77. The molecule has 1 saturated heterocycles. The normalized spacial score (nSPS) is 31.7. The molecule has 0 N–H and O–H groups in total. The van der Waals surface area contributed by atoms with Crippen LogP contribution in [0.15, 0.2) is 0 Å². The Labute approximate surface area is 57.4 Å². The molecule has 0 bridgehead atoms. The summed E-state index contributed by atoms with van der Waals surface area (Å²) >= 11 is 0. The minimum absolute atomic E-state index is 0.764. The van der Waals surface area contributed by atoms with Gasteiger partial charge in [0.2, 0.25) is 0 Å². The molecule has 0 unspecified atom stereocenters. The highest BCUT2D eigenvalue weighted by atomic mass is 15.6. The molecule has 0 amide bonds. The number of nitrogens with zero attached hydrogens (tertiary/aromatic N) is 2. The van der Waals surface area contributed by atoms with Gasteiger partial charge in [-0.2, -0.15) is 0 Å². The highest BCUT2D eigenvalue weighted by molar-refractivity contribution is 4.71. The monoisotopic (exact) mass is 128 g/mol. The summed E-state index contributed by atoms with van der Waals surface area (Å²) in [5, 5.41) is 4.71. The Morgan fingerprint density at radius 2 is 2.22 bits per heavy atom. The van der Waals surface area contributed by atoms with Crippen LogP contribution in [0.5, 0.6) is 0 Å². The van der Waals surface area contributed by atoms with Gasteiger partial charge >= 0.3 is 0 Å². The molecule has 9 heavy (non-hydrogen) atoms. The molecule has 1 rings (SSSR count). The summed E-state index contributed by atoms with van der Waals surface area (Å²) in [6, 6.07) is 0.764. The van der Waals surface area contributed by atoms with E-state index in [1.54, 1.807) is 0 Å². The lowest BCUT2D eigenvalue weighted by molar-refractivity contribution is 0.0334. The number of rotatable bonds is 1. The van der Waals surface area contributed by atoms with E-state index in [0.717, 1.165) is 12.6 Å². The first-order valence-corrected chi connectivity index (χ1v) is 3.73. The van der Waals surface area contributed by atoms with Crippen LogP contribution in [-0.4, -0.2) is 36.2 Å². The molecule has 2 nitrogen and oxygen atoms in total. The van der Waals surface area contributed by atoms with Crippen molar-refractivity contribution in [1.29, 1.82) is 0 Å². The molecular weight excluding hydrogens is 112 g/mol.